The minimum absolute atomic E-state index is 0.000105. The van der Waals surface area contributed by atoms with Crippen LogP contribution in [0.2, 0.25) is 0 Å². The topological polar surface area (TPSA) is 62.3 Å². The lowest BCUT2D eigenvalue weighted by molar-refractivity contribution is -0.120. The molecule has 1 fully saturated rings. The second-order valence-electron chi connectivity index (χ2n) is 4.77. The first-order valence-corrected chi connectivity index (χ1v) is 6.65. The number of para-hydroxylation sites is 1. The molecule has 1 aliphatic heterocycles. The Balaban J connectivity index is 1.94. The number of hydrogen-bond acceptors (Lipinski definition) is 3. The van der Waals surface area contributed by atoms with Gasteiger partial charge in [-0.15, -0.1) is 0 Å². The van der Waals surface area contributed by atoms with E-state index < -0.39 is 0 Å². The van der Waals surface area contributed by atoms with E-state index in [-0.39, 0.29) is 11.8 Å². The van der Waals surface area contributed by atoms with Crippen LogP contribution in [0.4, 0.5) is 0 Å². The molecule has 1 saturated heterocycles. The average molecular weight is 269 g/mol. The average Bonchev–Trinajstić information content (AvgIpc) is 2.71. The van der Waals surface area contributed by atoms with E-state index in [1.807, 2.05) is 24.3 Å². The number of carbonyl (C=O) groups excluding carboxylic acids is 2. The Morgan fingerprint density at radius 1 is 1.20 bits per heavy atom. The van der Waals surface area contributed by atoms with Crippen LogP contribution in [0.3, 0.4) is 0 Å². The summed E-state index contributed by atoms with van der Waals surface area (Å²) in [7, 11) is 0. The largest absolute Gasteiger partial charge is 0.354 e. The quantitative estimate of drug-likeness (QED) is 0.846. The number of fused-ring (bicyclic) bond motifs is 1. The molecule has 1 aromatic heterocycles. The van der Waals surface area contributed by atoms with Crippen molar-refractivity contribution in [1.29, 1.82) is 0 Å². The Bertz CT molecular complexity index is 664. The zero-order valence-electron chi connectivity index (χ0n) is 11.0. The van der Waals surface area contributed by atoms with E-state index in [0.717, 1.165) is 10.9 Å². The third kappa shape index (κ3) is 2.34. The lowest BCUT2D eigenvalue weighted by Gasteiger charge is -2.20. The molecule has 102 valence electrons. The summed E-state index contributed by atoms with van der Waals surface area (Å²) >= 11 is 0. The van der Waals surface area contributed by atoms with Crippen LogP contribution in [-0.2, 0) is 4.79 Å². The van der Waals surface area contributed by atoms with Crippen molar-refractivity contribution in [2.45, 2.75) is 6.42 Å². The number of nitrogens with zero attached hydrogens (tertiary/aromatic N) is 2. The summed E-state index contributed by atoms with van der Waals surface area (Å²) in [6.07, 6.45) is 2.01. The fourth-order valence-corrected chi connectivity index (χ4v) is 2.42. The standard InChI is InChI=1S/C15H15N3O2/c19-14-6-9-18(10-8-17-14)15(20)12-5-7-16-13-4-2-1-3-11(12)13/h1-5,7H,6,8-10H2,(H,17,19). The molecule has 1 N–H and O–H groups in total. The number of amides is 2. The highest BCUT2D eigenvalue weighted by atomic mass is 16.2. The van der Waals surface area contributed by atoms with Crippen LogP contribution in [0.5, 0.6) is 0 Å². The van der Waals surface area contributed by atoms with Crippen LogP contribution in [-0.4, -0.2) is 41.3 Å². The van der Waals surface area contributed by atoms with Crippen molar-refractivity contribution in [2.75, 3.05) is 19.6 Å². The van der Waals surface area contributed by atoms with Gasteiger partial charge in [0.25, 0.3) is 5.91 Å². The van der Waals surface area contributed by atoms with Gasteiger partial charge < -0.3 is 10.2 Å². The van der Waals surface area contributed by atoms with E-state index in [1.54, 1.807) is 17.2 Å². The summed E-state index contributed by atoms with van der Waals surface area (Å²) in [5.41, 5.74) is 1.45. The first kappa shape index (κ1) is 12.6. The molecular formula is C15H15N3O2. The Hall–Kier alpha value is -2.43. The molecule has 0 radical (unpaired) electrons. The molecule has 5 nitrogen and oxygen atoms in total. The second-order valence-corrected chi connectivity index (χ2v) is 4.77. The maximum atomic E-state index is 12.6. The number of benzene rings is 1. The smallest absolute Gasteiger partial charge is 0.254 e. The van der Waals surface area contributed by atoms with Crippen LogP contribution >= 0.6 is 0 Å². The molecule has 0 saturated carbocycles. The Morgan fingerprint density at radius 2 is 2.05 bits per heavy atom. The summed E-state index contributed by atoms with van der Waals surface area (Å²) in [6, 6.07) is 9.33. The lowest BCUT2D eigenvalue weighted by Crippen LogP contribution is -2.34. The van der Waals surface area contributed by atoms with E-state index in [9.17, 15) is 9.59 Å². The molecule has 5 heteroatoms. The minimum Gasteiger partial charge on any atom is -0.354 e. The van der Waals surface area contributed by atoms with Gasteiger partial charge in [0.05, 0.1) is 11.1 Å². The highest BCUT2D eigenvalue weighted by Gasteiger charge is 2.21. The van der Waals surface area contributed by atoms with Crippen molar-refractivity contribution in [2.24, 2.45) is 0 Å². The number of nitrogens with one attached hydrogen (secondary N) is 1. The van der Waals surface area contributed by atoms with Crippen molar-refractivity contribution < 1.29 is 9.59 Å². The van der Waals surface area contributed by atoms with Gasteiger partial charge in [0.1, 0.15) is 0 Å². The van der Waals surface area contributed by atoms with E-state index in [2.05, 4.69) is 10.3 Å². The summed E-state index contributed by atoms with van der Waals surface area (Å²) in [5, 5.41) is 3.62. The van der Waals surface area contributed by atoms with E-state index in [1.165, 1.54) is 0 Å². The van der Waals surface area contributed by atoms with Crippen molar-refractivity contribution in [3.63, 3.8) is 0 Å². The number of pyridine rings is 1. The molecule has 1 aromatic carbocycles. The molecule has 0 atom stereocenters. The van der Waals surface area contributed by atoms with Crippen molar-refractivity contribution in [1.82, 2.24) is 15.2 Å². The van der Waals surface area contributed by atoms with Gasteiger partial charge in [-0.05, 0) is 12.1 Å². The molecule has 0 bridgehead atoms. The third-order valence-electron chi connectivity index (χ3n) is 3.48. The lowest BCUT2D eigenvalue weighted by atomic mass is 10.1. The van der Waals surface area contributed by atoms with Gasteiger partial charge in [0.15, 0.2) is 0 Å². The van der Waals surface area contributed by atoms with Gasteiger partial charge in [-0.25, -0.2) is 0 Å². The SMILES string of the molecule is O=C1CCN(C(=O)c2ccnc3ccccc23)CCN1. The molecule has 0 unspecified atom stereocenters. The maximum Gasteiger partial charge on any atom is 0.254 e. The van der Waals surface area contributed by atoms with Crippen molar-refractivity contribution >= 4 is 22.7 Å². The van der Waals surface area contributed by atoms with E-state index in [0.29, 0.717) is 31.6 Å². The molecule has 3 rings (SSSR count). The normalized spacial score (nSPS) is 15.8. The first-order valence-electron chi connectivity index (χ1n) is 6.65. The molecule has 0 spiro atoms. The van der Waals surface area contributed by atoms with Gasteiger partial charge in [-0.3, -0.25) is 14.6 Å². The summed E-state index contributed by atoms with van der Waals surface area (Å²) in [6.45, 7) is 1.51. The molecule has 2 aromatic rings. The van der Waals surface area contributed by atoms with Crippen LogP contribution < -0.4 is 5.32 Å². The number of carbonyl (C=O) groups is 2. The zero-order valence-corrected chi connectivity index (χ0v) is 11.0. The van der Waals surface area contributed by atoms with Gasteiger partial charge in [0, 0.05) is 37.6 Å². The zero-order chi connectivity index (χ0) is 13.9. The fraction of sp³-hybridized carbons (Fsp3) is 0.267. The maximum absolute atomic E-state index is 12.6. The van der Waals surface area contributed by atoms with Gasteiger partial charge in [-0.1, -0.05) is 18.2 Å². The molecule has 1 aliphatic rings. The number of hydrogen-bond donors (Lipinski definition) is 1. The fourth-order valence-electron chi connectivity index (χ4n) is 2.42. The Morgan fingerprint density at radius 3 is 2.95 bits per heavy atom. The highest BCUT2D eigenvalue weighted by Crippen LogP contribution is 2.18. The number of aromatic nitrogens is 1. The number of rotatable bonds is 1. The second kappa shape index (κ2) is 5.28. The van der Waals surface area contributed by atoms with Gasteiger partial charge >= 0.3 is 0 Å². The van der Waals surface area contributed by atoms with Crippen molar-refractivity contribution in [3.8, 4) is 0 Å². The Labute approximate surface area is 116 Å². The predicted octanol–water partition coefficient (Wildman–Crippen LogP) is 1.20. The molecule has 0 aliphatic carbocycles. The highest BCUT2D eigenvalue weighted by molar-refractivity contribution is 6.06. The minimum atomic E-state index is -0.0416. The molecule has 20 heavy (non-hydrogen) atoms. The molecule has 2 amide bonds. The summed E-state index contributed by atoms with van der Waals surface area (Å²) in [4.78, 5) is 30.0. The van der Waals surface area contributed by atoms with Crippen LogP contribution in [0, 0.1) is 0 Å². The summed E-state index contributed by atoms with van der Waals surface area (Å²) in [5.74, 6) is -0.0417. The molecular weight excluding hydrogens is 254 g/mol. The van der Waals surface area contributed by atoms with Crippen LogP contribution in [0.1, 0.15) is 16.8 Å². The van der Waals surface area contributed by atoms with Crippen LogP contribution in [0.15, 0.2) is 36.5 Å². The monoisotopic (exact) mass is 269 g/mol. The Kier molecular flexibility index (Phi) is 3.33. The first-order chi connectivity index (χ1) is 9.75. The van der Waals surface area contributed by atoms with Gasteiger partial charge in [-0.2, -0.15) is 0 Å². The van der Waals surface area contributed by atoms with E-state index >= 15 is 0 Å². The third-order valence-corrected chi connectivity index (χ3v) is 3.48. The van der Waals surface area contributed by atoms with Crippen LogP contribution in [0.25, 0.3) is 10.9 Å². The van der Waals surface area contributed by atoms with E-state index in [4.69, 9.17) is 0 Å². The predicted molar refractivity (Wildman–Crippen MR) is 75.3 cm³/mol. The summed E-state index contributed by atoms with van der Waals surface area (Å²) < 4.78 is 0. The van der Waals surface area contributed by atoms with Gasteiger partial charge in [0.2, 0.25) is 5.91 Å². The molecule has 2 heterocycles. The van der Waals surface area contributed by atoms with Crippen molar-refractivity contribution in [3.05, 3.63) is 42.1 Å².